The van der Waals surface area contributed by atoms with Gasteiger partial charge in [0, 0.05) is 33.2 Å². The van der Waals surface area contributed by atoms with E-state index in [1.807, 2.05) is 11.7 Å². The molecule has 0 bridgehead atoms. The highest BCUT2D eigenvalue weighted by molar-refractivity contribution is 14.0. The van der Waals surface area contributed by atoms with Gasteiger partial charge in [-0.25, -0.2) is 9.67 Å². The van der Waals surface area contributed by atoms with Crippen molar-refractivity contribution in [2.75, 3.05) is 20.7 Å². The summed E-state index contributed by atoms with van der Waals surface area (Å²) in [7, 11) is 3.48. The van der Waals surface area contributed by atoms with Crippen LogP contribution in [0, 0.1) is 0 Å². The highest BCUT2D eigenvalue weighted by atomic mass is 127. The van der Waals surface area contributed by atoms with Crippen LogP contribution < -0.4 is 10.6 Å². The zero-order valence-corrected chi connectivity index (χ0v) is 19.8. The zero-order chi connectivity index (χ0) is 20.1. The average Bonchev–Trinajstić information content (AvgIpc) is 3.15. The lowest BCUT2D eigenvalue weighted by molar-refractivity contribution is 0.177. The number of aryl methyl sites for hydroxylation is 1. The Bertz CT molecular complexity index is 997. The van der Waals surface area contributed by atoms with Crippen molar-refractivity contribution < 1.29 is 4.74 Å². The van der Waals surface area contributed by atoms with Gasteiger partial charge in [0.2, 0.25) is 0 Å². The predicted molar refractivity (Wildman–Crippen MR) is 130 cm³/mol. The van der Waals surface area contributed by atoms with Crippen LogP contribution in [0.1, 0.15) is 23.6 Å². The monoisotopic (exact) mass is 520 g/mol. The van der Waals surface area contributed by atoms with Crippen molar-refractivity contribution >= 4 is 40.7 Å². The third-order valence-electron chi connectivity index (χ3n) is 5.31. The third kappa shape index (κ3) is 5.28. The summed E-state index contributed by atoms with van der Waals surface area (Å²) in [5, 5.41) is 14.1. The second-order valence-corrected chi connectivity index (χ2v) is 7.33. The van der Waals surface area contributed by atoms with E-state index in [1.165, 1.54) is 16.3 Å². The van der Waals surface area contributed by atoms with E-state index in [2.05, 4.69) is 68.2 Å². The van der Waals surface area contributed by atoms with Crippen molar-refractivity contribution in [2.45, 2.75) is 38.5 Å². The lowest BCUT2D eigenvalue weighted by Gasteiger charge is -2.25. The van der Waals surface area contributed by atoms with Crippen LogP contribution in [-0.2, 0) is 30.7 Å². The summed E-state index contributed by atoms with van der Waals surface area (Å²) in [5.74, 6) is 2.62. The largest absolute Gasteiger partial charge is 0.377 e. The molecule has 7 nitrogen and oxygen atoms in total. The van der Waals surface area contributed by atoms with Crippen molar-refractivity contribution in [3.05, 3.63) is 59.7 Å². The standard InChI is InChI=1S/C22H28N6O.HI/c1-23-22(24-13-12-17-8-5-7-16-6-3-4-9-19(16)17)25-18-10-11-21-26-20(15-29-2)27-28(21)14-18;/h3-9,18H,10-15H2,1-2H3,(H2,23,24,25);1H. The minimum Gasteiger partial charge on any atom is -0.377 e. The number of guanidine groups is 1. The molecule has 1 atom stereocenters. The number of nitrogens with zero attached hydrogens (tertiary/aromatic N) is 4. The van der Waals surface area contributed by atoms with Crippen molar-refractivity contribution in [1.82, 2.24) is 25.4 Å². The van der Waals surface area contributed by atoms with Gasteiger partial charge in [0.1, 0.15) is 12.4 Å². The van der Waals surface area contributed by atoms with Gasteiger partial charge >= 0.3 is 0 Å². The summed E-state index contributed by atoms with van der Waals surface area (Å²) >= 11 is 0. The van der Waals surface area contributed by atoms with Crippen LogP contribution in [0.5, 0.6) is 0 Å². The predicted octanol–water partition coefficient (Wildman–Crippen LogP) is 2.92. The zero-order valence-electron chi connectivity index (χ0n) is 17.5. The first-order valence-corrected chi connectivity index (χ1v) is 10.1. The lowest BCUT2D eigenvalue weighted by atomic mass is 10.0. The Kier molecular flexibility index (Phi) is 8.03. The van der Waals surface area contributed by atoms with Crippen LogP contribution >= 0.6 is 24.0 Å². The summed E-state index contributed by atoms with van der Waals surface area (Å²) < 4.78 is 7.12. The van der Waals surface area contributed by atoms with Gasteiger partial charge in [-0.3, -0.25) is 4.99 Å². The minimum atomic E-state index is 0. The number of nitrogens with one attached hydrogen (secondary N) is 2. The molecule has 2 N–H and O–H groups in total. The molecule has 0 saturated carbocycles. The first-order valence-electron chi connectivity index (χ1n) is 10.1. The number of aromatic nitrogens is 3. The number of halogens is 1. The molecule has 0 radical (unpaired) electrons. The van der Waals surface area contributed by atoms with E-state index in [9.17, 15) is 0 Å². The summed E-state index contributed by atoms with van der Waals surface area (Å²) in [4.78, 5) is 8.93. The summed E-state index contributed by atoms with van der Waals surface area (Å²) in [6.07, 6.45) is 2.86. The second kappa shape index (κ2) is 10.7. The maximum atomic E-state index is 5.14. The number of hydrogen-bond acceptors (Lipinski definition) is 4. The van der Waals surface area contributed by atoms with Crippen molar-refractivity contribution in [1.29, 1.82) is 0 Å². The van der Waals surface area contributed by atoms with Crippen LogP contribution in [0.25, 0.3) is 10.8 Å². The van der Waals surface area contributed by atoms with Gasteiger partial charge in [-0.15, -0.1) is 24.0 Å². The highest BCUT2D eigenvalue weighted by Gasteiger charge is 2.22. The minimum absolute atomic E-state index is 0. The van der Waals surface area contributed by atoms with Crippen LogP contribution in [0.2, 0.25) is 0 Å². The fourth-order valence-electron chi connectivity index (χ4n) is 3.88. The number of benzene rings is 2. The molecule has 2 aromatic carbocycles. The topological polar surface area (TPSA) is 76.4 Å². The number of ether oxygens (including phenoxy) is 1. The van der Waals surface area contributed by atoms with Gasteiger partial charge in [-0.2, -0.15) is 5.10 Å². The molecule has 8 heteroatoms. The third-order valence-corrected chi connectivity index (χ3v) is 5.31. The first-order chi connectivity index (χ1) is 14.3. The molecule has 3 aromatic rings. The average molecular weight is 520 g/mol. The van der Waals surface area contributed by atoms with Crippen molar-refractivity contribution in [2.24, 2.45) is 4.99 Å². The van der Waals surface area contributed by atoms with Gasteiger partial charge in [0.15, 0.2) is 11.8 Å². The Hall–Kier alpha value is -2.20. The Balaban J connectivity index is 0.00000256. The summed E-state index contributed by atoms with van der Waals surface area (Å²) in [6, 6.07) is 15.3. The molecule has 0 fully saturated rings. The van der Waals surface area contributed by atoms with Gasteiger partial charge in [-0.05, 0) is 29.2 Å². The summed E-state index contributed by atoms with van der Waals surface area (Å²) in [6.45, 7) is 2.07. The molecule has 160 valence electrons. The molecule has 4 rings (SSSR count). The smallest absolute Gasteiger partial charge is 0.191 e. The van der Waals surface area contributed by atoms with E-state index < -0.39 is 0 Å². The molecular formula is C22H29IN6O. The fraction of sp³-hybridized carbons (Fsp3) is 0.409. The Morgan fingerprint density at radius 3 is 2.90 bits per heavy atom. The maximum Gasteiger partial charge on any atom is 0.191 e. The van der Waals surface area contributed by atoms with E-state index in [0.29, 0.717) is 6.61 Å². The van der Waals surface area contributed by atoms with E-state index in [4.69, 9.17) is 4.74 Å². The highest BCUT2D eigenvalue weighted by Crippen LogP contribution is 2.18. The number of fused-ring (bicyclic) bond motifs is 2. The number of aliphatic imine (C=N–C) groups is 1. The Morgan fingerprint density at radius 1 is 1.23 bits per heavy atom. The molecule has 0 aliphatic carbocycles. The lowest BCUT2D eigenvalue weighted by Crippen LogP contribution is -2.47. The van der Waals surface area contributed by atoms with Crippen molar-refractivity contribution in [3.8, 4) is 0 Å². The molecule has 1 aromatic heterocycles. The van der Waals surface area contributed by atoms with Crippen molar-refractivity contribution in [3.63, 3.8) is 0 Å². The molecule has 1 aliphatic rings. The van der Waals surface area contributed by atoms with Crippen LogP contribution in [-0.4, -0.2) is 47.5 Å². The fourth-order valence-corrected chi connectivity index (χ4v) is 3.88. The Labute approximate surface area is 194 Å². The second-order valence-electron chi connectivity index (χ2n) is 7.33. The maximum absolute atomic E-state index is 5.14. The quantitative estimate of drug-likeness (QED) is 0.297. The molecule has 30 heavy (non-hydrogen) atoms. The molecule has 0 spiro atoms. The van der Waals surface area contributed by atoms with E-state index >= 15 is 0 Å². The number of methoxy groups -OCH3 is 1. The molecule has 1 aliphatic heterocycles. The SMILES string of the molecule is CN=C(NCCc1cccc2ccccc12)NC1CCc2nc(COC)nn2C1.I. The normalized spacial score (nSPS) is 16.1. The van der Waals surface area contributed by atoms with Gasteiger partial charge in [0.25, 0.3) is 0 Å². The summed E-state index contributed by atoms with van der Waals surface area (Å²) in [5.41, 5.74) is 1.35. The molecular weight excluding hydrogens is 491 g/mol. The van der Waals surface area contributed by atoms with Crippen LogP contribution in [0.3, 0.4) is 0 Å². The number of rotatable bonds is 6. The van der Waals surface area contributed by atoms with Crippen LogP contribution in [0.4, 0.5) is 0 Å². The molecule has 0 saturated heterocycles. The molecule has 2 heterocycles. The van der Waals surface area contributed by atoms with Gasteiger partial charge < -0.3 is 15.4 Å². The number of hydrogen-bond donors (Lipinski definition) is 2. The molecule has 1 unspecified atom stereocenters. The first kappa shape index (κ1) is 22.5. The van der Waals surface area contributed by atoms with E-state index in [-0.39, 0.29) is 30.0 Å². The Morgan fingerprint density at radius 2 is 2.07 bits per heavy atom. The van der Waals surface area contributed by atoms with E-state index in [1.54, 1.807) is 7.11 Å². The van der Waals surface area contributed by atoms with Crippen LogP contribution in [0.15, 0.2) is 47.5 Å². The van der Waals surface area contributed by atoms with Gasteiger partial charge in [-0.1, -0.05) is 42.5 Å². The molecule has 0 amide bonds. The van der Waals surface area contributed by atoms with Gasteiger partial charge in [0.05, 0.1) is 6.54 Å². The van der Waals surface area contributed by atoms with E-state index in [0.717, 1.165) is 50.0 Å².